The van der Waals surface area contributed by atoms with Crippen molar-refractivity contribution in [3.8, 4) is 0 Å². The lowest BCUT2D eigenvalue weighted by atomic mass is 10.0. The Kier molecular flexibility index (Phi) is 6.80. The van der Waals surface area contributed by atoms with Gasteiger partial charge in [0.25, 0.3) is 5.56 Å². The van der Waals surface area contributed by atoms with Gasteiger partial charge in [-0.25, -0.2) is 9.59 Å². The molecule has 166 valence electrons. The van der Waals surface area contributed by atoms with E-state index in [-0.39, 0.29) is 12.1 Å². The van der Waals surface area contributed by atoms with Crippen molar-refractivity contribution in [2.24, 2.45) is 0 Å². The maximum Gasteiger partial charge on any atom is 0.411 e. The Labute approximate surface area is 181 Å². The highest BCUT2D eigenvalue weighted by molar-refractivity contribution is 5.80. The Morgan fingerprint density at radius 1 is 1.13 bits per heavy atom. The van der Waals surface area contributed by atoms with Gasteiger partial charge < -0.3 is 14.8 Å². The number of carboxylic acids is 1. The summed E-state index contributed by atoms with van der Waals surface area (Å²) < 4.78 is 5.36. The number of aromatic nitrogens is 1. The first-order valence-electron chi connectivity index (χ1n) is 10.3. The maximum absolute atomic E-state index is 12.4. The van der Waals surface area contributed by atoms with Crippen LogP contribution in [-0.2, 0) is 22.5 Å². The second-order valence-electron chi connectivity index (χ2n) is 8.78. The highest BCUT2D eigenvalue weighted by Gasteiger charge is 2.37. The summed E-state index contributed by atoms with van der Waals surface area (Å²) in [5.41, 5.74) is 2.01. The van der Waals surface area contributed by atoms with Gasteiger partial charge in [-0.1, -0.05) is 30.3 Å². The molecule has 0 spiro atoms. The van der Waals surface area contributed by atoms with Gasteiger partial charge in [-0.05, 0) is 38.0 Å². The zero-order valence-corrected chi connectivity index (χ0v) is 18.1. The van der Waals surface area contributed by atoms with Crippen LogP contribution in [0.2, 0.25) is 0 Å². The monoisotopic (exact) mass is 427 g/mol. The van der Waals surface area contributed by atoms with Crippen LogP contribution in [0.3, 0.4) is 0 Å². The van der Waals surface area contributed by atoms with Crippen molar-refractivity contribution in [2.75, 3.05) is 19.6 Å². The van der Waals surface area contributed by atoms with Crippen molar-refractivity contribution in [1.82, 2.24) is 14.8 Å². The second-order valence-corrected chi connectivity index (χ2v) is 8.78. The van der Waals surface area contributed by atoms with Gasteiger partial charge in [0.2, 0.25) is 0 Å². The Hall–Kier alpha value is -3.13. The first-order valence-corrected chi connectivity index (χ1v) is 10.3. The molecular weight excluding hydrogens is 398 g/mol. The van der Waals surface area contributed by atoms with Crippen molar-refractivity contribution in [1.29, 1.82) is 0 Å². The van der Waals surface area contributed by atoms with E-state index in [9.17, 15) is 19.5 Å². The Balaban J connectivity index is 1.62. The maximum atomic E-state index is 12.4. The summed E-state index contributed by atoms with van der Waals surface area (Å²) in [6, 6.07) is 10.6. The van der Waals surface area contributed by atoms with Crippen molar-refractivity contribution >= 4 is 12.1 Å². The molecule has 1 saturated heterocycles. The van der Waals surface area contributed by atoms with Crippen LogP contribution in [0.15, 0.2) is 47.4 Å². The van der Waals surface area contributed by atoms with Gasteiger partial charge in [0.1, 0.15) is 11.6 Å². The normalized spacial score (nSPS) is 17.4. The number of carboxylic acid groups (broad SMARTS) is 1. The number of ether oxygens (including phenoxy) is 1. The molecule has 2 heterocycles. The number of aliphatic carboxylic acids is 1. The number of nitrogens with one attached hydrogen (secondary N) is 1. The predicted molar refractivity (Wildman–Crippen MR) is 116 cm³/mol. The lowest BCUT2D eigenvalue weighted by molar-refractivity contribution is -0.145. The minimum atomic E-state index is -1.04. The van der Waals surface area contributed by atoms with Crippen molar-refractivity contribution in [3.63, 3.8) is 0 Å². The fraction of sp³-hybridized carbons (Fsp3) is 0.435. The molecule has 3 rings (SSSR count). The molecule has 1 aromatic carbocycles. The third-order valence-corrected chi connectivity index (χ3v) is 5.10. The van der Waals surface area contributed by atoms with Crippen LogP contribution < -0.4 is 5.56 Å². The van der Waals surface area contributed by atoms with Gasteiger partial charge in [0.05, 0.1) is 0 Å². The number of carbonyl (C=O) groups excluding carboxylic acids is 1. The summed E-state index contributed by atoms with van der Waals surface area (Å²) in [4.78, 5) is 42.0. The molecule has 8 nitrogen and oxygen atoms in total. The number of amides is 1. The molecule has 0 saturated carbocycles. The second kappa shape index (κ2) is 9.34. The highest BCUT2D eigenvalue weighted by Crippen LogP contribution is 2.18. The molecule has 1 aromatic heterocycles. The summed E-state index contributed by atoms with van der Waals surface area (Å²) in [6.45, 7) is 6.94. The van der Waals surface area contributed by atoms with Gasteiger partial charge in [-0.2, -0.15) is 0 Å². The third-order valence-electron chi connectivity index (χ3n) is 5.10. The van der Waals surface area contributed by atoms with E-state index >= 15 is 0 Å². The summed E-state index contributed by atoms with van der Waals surface area (Å²) in [6.07, 6.45) is 1.56. The van der Waals surface area contributed by atoms with Crippen molar-refractivity contribution in [2.45, 2.75) is 45.4 Å². The zero-order chi connectivity index (χ0) is 22.6. The van der Waals surface area contributed by atoms with Crippen LogP contribution in [0.25, 0.3) is 0 Å². The van der Waals surface area contributed by atoms with Crippen LogP contribution in [0.1, 0.15) is 37.5 Å². The molecule has 0 aliphatic carbocycles. The number of rotatable bonds is 5. The fourth-order valence-electron chi connectivity index (χ4n) is 3.57. The van der Waals surface area contributed by atoms with Gasteiger partial charge in [-0.15, -0.1) is 0 Å². The molecule has 2 aromatic rings. The van der Waals surface area contributed by atoms with Gasteiger partial charge in [0, 0.05) is 44.4 Å². The minimum absolute atomic E-state index is 0.0888. The van der Waals surface area contributed by atoms with Crippen LogP contribution >= 0.6 is 0 Å². The summed E-state index contributed by atoms with van der Waals surface area (Å²) in [5.74, 6) is -1.04. The number of hydrogen-bond donors (Lipinski definition) is 2. The van der Waals surface area contributed by atoms with Gasteiger partial charge in [0.15, 0.2) is 0 Å². The van der Waals surface area contributed by atoms with E-state index < -0.39 is 23.7 Å². The largest absolute Gasteiger partial charge is 0.480 e. The van der Waals surface area contributed by atoms with E-state index in [1.165, 1.54) is 4.90 Å². The lowest BCUT2D eigenvalue weighted by Crippen LogP contribution is -2.58. The molecule has 1 unspecified atom stereocenters. The number of piperazine rings is 1. The van der Waals surface area contributed by atoms with E-state index in [1.54, 1.807) is 33.0 Å². The van der Waals surface area contributed by atoms with E-state index in [2.05, 4.69) is 4.98 Å². The first-order chi connectivity index (χ1) is 14.6. The number of aromatic amines is 1. The minimum Gasteiger partial charge on any atom is -0.480 e. The third kappa shape index (κ3) is 6.18. The molecule has 1 aliphatic heterocycles. The molecule has 1 fully saturated rings. The van der Waals surface area contributed by atoms with E-state index in [0.29, 0.717) is 31.6 Å². The zero-order valence-electron chi connectivity index (χ0n) is 18.1. The molecule has 0 radical (unpaired) electrons. The van der Waals surface area contributed by atoms with Crippen molar-refractivity contribution in [3.05, 3.63) is 69.6 Å². The van der Waals surface area contributed by atoms with Gasteiger partial charge >= 0.3 is 12.1 Å². The molecule has 0 bridgehead atoms. The predicted octanol–water partition coefficient (Wildman–Crippen LogP) is 2.47. The fourth-order valence-corrected chi connectivity index (χ4v) is 3.57. The summed E-state index contributed by atoms with van der Waals surface area (Å²) in [5, 5.41) is 9.63. The number of nitrogens with zero attached hydrogens (tertiary/aromatic N) is 2. The number of H-pyrrole nitrogens is 1. The summed E-state index contributed by atoms with van der Waals surface area (Å²) in [7, 11) is 0. The number of benzene rings is 1. The van der Waals surface area contributed by atoms with Crippen LogP contribution in [-0.4, -0.2) is 63.2 Å². The number of carbonyl (C=O) groups is 2. The molecule has 31 heavy (non-hydrogen) atoms. The number of pyridine rings is 1. The molecule has 8 heteroatoms. The molecule has 1 amide bonds. The van der Waals surface area contributed by atoms with E-state index in [4.69, 9.17) is 4.74 Å². The van der Waals surface area contributed by atoms with Gasteiger partial charge in [-0.3, -0.25) is 14.6 Å². The topological polar surface area (TPSA) is 103 Å². The van der Waals surface area contributed by atoms with E-state index in [1.807, 2.05) is 35.2 Å². The molecule has 1 atom stereocenters. The Morgan fingerprint density at radius 3 is 2.42 bits per heavy atom. The highest BCUT2D eigenvalue weighted by atomic mass is 16.6. The van der Waals surface area contributed by atoms with Crippen molar-refractivity contribution < 1.29 is 19.4 Å². The standard InChI is InChI=1S/C23H29N3O5/c1-23(2,3)31-22(30)26-12-11-25(15-19(26)21(28)29)14-17-8-6-16(7-9-17)13-18-5-4-10-24-20(18)27/h4-10,19H,11-15H2,1-3H3,(H,24,27)(H,28,29). The quantitative estimate of drug-likeness (QED) is 0.760. The molecule has 1 aliphatic rings. The number of hydrogen-bond acceptors (Lipinski definition) is 5. The van der Waals surface area contributed by atoms with E-state index in [0.717, 1.165) is 11.1 Å². The van der Waals surface area contributed by atoms with Crippen LogP contribution in [0, 0.1) is 0 Å². The average Bonchev–Trinajstić information content (AvgIpc) is 2.70. The first kappa shape index (κ1) is 22.6. The lowest BCUT2D eigenvalue weighted by Gasteiger charge is -2.39. The molecular formula is C23H29N3O5. The Morgan fingerprint density at radius 2 is 1.81 bits per heavy atom. The smallest absolute Gasteiger partial charge is 0.411 e. The summed E-state index contributed by atoms with van der Waals surface area (Å²) >= 11 is 0. The average molecular weight is 428 g/mol. The Bertz CT molecular complexity index is 978. The molecule has 2 N–H and O–H groups in total. The van der Waals surface area contributed by atoms with Crippen LogP contribution in [0.4, 0.5) is 4.79 Å². The van der Waals surface area contributed by atoms with Crippen LogP contribution in [0.5, 0.6) is 0 Å². The SMILES string of the molecule is CC(C)(C)OC(=O)N1CCN(Cc2ccc(Cc3ccc[nH]c3=O)cc2)CC1C(=O)O.